The van der Waals surface area contributed by atoms with Crippen LogP contribution in [0.4, 0.5) is 0 Å². The zero-order valence-electron chi connectivity index (χ0n) is 8.30. The van der Waals surface area contributed by atoms with Gasteiger partial charge in [0, 0.05) is 0 Å². The second-order valence-electron chi connectivity index (χ2n) is 3.58. The van der Waals surface area contributed by atoms with Gasteiger partial charge in [-0.15, -0.1) is 0 Å². The predicted octanol–water partition coefficient (Wildman–Crippen LogP) is 1.86. The van der Waals surface area contributed by atoms with Gasteiger partial charge in [0.1, 0.15) is 0 Å². The van der Waals surface area contributed by atoms with Crippen LogP contribution in [0.25, 0.3) is 6.08 Å². The third-order valence-electron chi connectivity index (χ3n) is 2.63. The predicted molar refractivity (Wildman–Crippen MR) is 66.9 cm³/mol. The van der Waals surface area contributed by atoms with Crippen molar-refractivity contribution in [1.82, 2.24) is 0 Å². The maximum atomic E-state index is 2.48. The summed E-state index contributed by atoms with van der Waals surface area (Å²) in [6.07, 6.45) is 2.31. The topological polar surface area (TPSA) is 0 Å². The normalized spacial score (nSPS) is 14.1. The summed E-state index contributed by atoms with van der Waals surface area (Å²) in [5.74, 6) is 0. The number of benzene rings is 2. The van der Waals surface area contributed by atoms with Crippen molar-refractivity contribution >= 4 is 34.4 Å². The molecule has 1 heteroatoms. The summed E-state index contributed by atoms with van der Waals surface area (Å²) in [6, 6.07) is 19.8. The molecule has 2 aromatic rings. The Morgan fingerprint density at radius 1 is 0.733 bits per heavy atom. The fourth-order valence-corrected chi connectivity index (χ4v) is 10.0. The molecule has 0 saturated heterocycles. The SMILES string of the molecule is C1=[CH][Bi]([c]2ccccc2)[c]2ccccc21. The van der Waals surface area contributed by atoms with E-state index in [2.05, 4.69) is 64.5 Å². The maximum absolute atomic E-state index is 2.48. The molecule has 0 atom stereocenters. The third-order valence-corrected chi connectivity index (χ3v) is 11.3. The van der Waals surface area contributed by atoms with E-state index in [4.69, 9.17) is 0 Å². The first-order valence-electron chi connectivity index (χ1n) is 5.07. The summed E-state index contributed by atoms with van der Waals surface area (Å²) in [5.41, 5.74) is 1.44. The number of fused-ring (bicyclic) bond motifs is 1. The van der Waals surface area contributed by atoms with Crippen LogP contribution in [0.1, 0.15) is 5.56 Å². The summed E-state index contributed by atoms with van der Waals surface area (Å²) >= 11 is -1.70. The second kappa shape index (κ2) is 3.91. The van der Waals surface area contributed by atoms with Crippen molar-refractivity contribution in [2.75, 3.05) is 0 Å². The quantitative estimate of drug-likeness (QED) is 0.655. The Hall–Kier alpha value is -0.937. The van der Waals surface area contributed by atoms with E-state index >= 15 is 0 Å². The molecule has 0 saturated carbocycles. The molecular formula is C14H11Bi. The van der Waals surface area contributed by atoms with Gasteiger partial charge < -0.3 is 0 Å². The first-order chi connectivity index (χ1) is 7.45. The van der Waals surface area contributed by atoms with Crippen LogP contribution >= 0.6 is 0 Å². The van der Waals surface area contributed by atoms with Crippen molar-refractivity contribution in [3.8, 4) is 0 Å². The van der Waals surface area contributed by atoms with Gasteiger partial charge in [-0.05, 0) is 0 Å². The molecule has 2 aromatic carbocycles. The summed E-state index contributed by atoms with van der Waals surface area (Å²) in [5, 5.41) is 0. The summed E-state index contributed by atoms with van der Waals surface area (Å²) in [4.78, 5) is 0. The van der Waals surface area contributed by atoms with Crippen molar-refractivity contribution in [1.29, 1.82) is 0 Å². The number of hydrogen-bond acceptors (Lipinski definition) is 0. The molecule has 0 bridgehead atoms. The summed E-state index contributed by atoms with van der Waals surface area (Å²) < 4.78 is 5.68. The van der Waals surface area contributed by atoms with E-state index in [9.17, 15) is 0 Å². The number of hydrogen-bond donors (Lipinski definition) is 0. The van der Waals surface area contributed by atoms with E-state index in [0.717, 1.165) is 0 Å². The average Bonchev–Trinajstić information content (AvgIpc) is 2.74. The molecule has 72 valence electrons. The van der Waals surface area contributed by atoms with Gasteiger partial charge in [-0.25, -0.2) is 0 Å². The van der Waals surface area contributed by atoms with E-state index in [1.807, 2.05) is 0 Å². The van der Waals surface area contributed by atoms with Gasteiger partial charge in [0.2, 0.25) is 0 Å². The fourth-order valence-electron chi connectivity index (χ4n) is 1.90. The van der Waals surface area contributed by atoms with E-state index in [-0.39, 0.29) is 0 Å². The molecule has 0 radical (unpaired) electrons. The van der Waals surface area contributed by atoms with E-state index in [1.165, 1.54) is 5.56 Å². The second-order valence-corrected chi connectivity index (χ2v) is 11.5. The van der Waals surface area contributed by atoms with Crippen LogP contribution in [0.5, 0.6) is 0 Å². The van der Waals surface area contributed by atoms with Gasteiger partial charge in [0.05, 0.1) is 0 Å². The van der Waals surface area contributed by atoms with Gasteiger partial charge in [-0.2, -0.15) is 0 Å². The molecule has 3 rings (SSSR count). The monoisotopic (exact) mass is 388 g/mol. The Morgan fingerprint density at radius 3 is 2.33 bits per heavy atom. The van der Waals surface area contributed by atoms with Crippen molar-refractivity contribution in [2.45, 2.75) is 0 Å². The minimum atomic E-state index is -1.70. The molecule has 0 amide bonds. The fraction of sp³-hybridized carbons (Fsp3) is 0. The van der Waals surface area contributed by atoms with Gasteiger partial charge in [0.15, 0.2) is 0 Å². The molecule has 0 nitrogen and oxygen atoms in total. The Labute approximate surface area is 97.9 Å². The molecular weight excluding hydrogens is 377 g/mol. The van der Waals surface area contributed by atoms with Crippen LogP contribution in [-0.4, -0.2) is 21.8 Å². The van der Waals surface area contributed by atoms with E-state index < -0.39 is 21.8 Å². The van der Waals surface area contributed by atoms with Crippen LogP contribution in [0.3, 0.4) is 0 Å². The zero-order chi connectivity index (χ0) is 10.1. The minimum absolute atomic E-state index is 1.44. The molecule has 15 heavy (non-hydrogen) atoms. The van der Waals surface area contributed by atoms with Crippen molar-refractivity contribution in [2.24, 2.45) is 0 Å². The van der Waals surface area contributed by atoms with E-state index in [0.29, 0.717) is 0 Å². The van der Waals surface area contributed by atoms with Crippen LogP contribution in [-0.2, 0) is 0 Å². The van der Waals surface area contributed by atoms with Crippen molar-refractivity contribution in [3.63, 3.8) is 0 Å². The molecule has 0 spiro atoms. The van der Waals surface area contributed by atoms with Gasteiger partial charge >= 0.3 is 98.3 Å². The first-order valence-corrected chi connectivity index (χ1v) is 10.6. The van der Waals surface area contributed by atoms with Crippen molar-refractivity contribution < 1.29 is 0 Å². The van der Waals surface area contributed by atoms with Crippen LogP contribution in [0.2, 0.25) is 0 Å². The number of rotatable bonds is 1. The Bertz CT molecular complexity index is 500. The Morgan fingerprint density at radius 2 is 1.47 bits per heavy atom. The zero-order valence-corrected chi connectivity index (χ0v) is 11.8. The molecule has 0 fully saturated rings. The molecule has 0 aromatic heterocycles. The molecule has 1 aliphatic heterocycles. The summed E-state index contributed by atoms with van der Waals surface area (Å²) in [6.45, 7) is 0. The molecule has 1 heterocycles. The standard InChI is InChI=1S/C8H6.C6H5.Bi/c1-2-8-6-4-3-5-7-8;1-2-4-6-5-3-1;/h1-6H;1-5H;. The molecule has 1 aliphatic rings. The Kier molecular flexibility index (Phi) is 2.42. The van der Waals surface area contributed by atoms with Crippen LogP contribution in [0, 0.1) is 0 Å². The van der Waals surface area contributed by atoms with Crippen LogP contribution in [0.15, 0.2) is 58.4 Å². The Balaban J connectivity index is 2.09. The van der Waals surface area contributed by atoms with Gasteiger partial charge in [-0.1, -0.05) is 0 Å². The molecule has 0 N–H and O–H groups in total. The van der Waals surface area contributed by atoms with Gasteiger partial charge in [-0.3, -0.25) is 0 Å². The third kappa shape index (κ3) is 1.66. The first kappa shape index (κ1) is 9.30. The molecule has 0 aliphatic carbocycles. The molecule has 0 unspecified atom stereocenters. The van der Waals surface area contributed by atoms with Crippen molar-refractivity contribution in [3.05, 3.63) is 63.9 Å². The van der Waals surface area contributed by atoms with Crippen LogP contribution < -0.4 is 6.54 Å². The van der Waals surface area contributed by atoms with Gasteiger partial charge in [0.25, 0.3) is 0 Å². The van der Waals surface area contributed by atoms with E-state index in [1.54, 1.807) is 6.54 Å². The summed E-state index contributed by atoms with van der Waals surface area (Å²) in [7, 11) is 0. The average molecular weight is 388 g/mol.